The minimum atomic E-state index is 0.639. The molecule has 0 amide bonds. The van der Waals surface area contributed by atoms with Crippen molar-refractivity contribution in [1.82, 2.24) is 0 Å². The highest BCUT2D eigenvalue weighted by Crippen LogP contribution is 2.35. The van der Waals surface area contributed by atoms with Crippen molar-refractivity contribution in [2.24, 2.45) is 5.92 Å². The maximum atomic E-state index is 5.89. The van der Waals surface area contributed by atoms with Crippen LogP contribution >= 0.6 is 0 Å². The van der Waals surface area contributed by atoms with Gasteiger partial charge >= 0.3 is 0 Å². The van der Waals surface area contributed by atoms with Gasteiger partial charge in [0.05, 0.1) is 0 Å². The quantitative estimate of drug-likeness (QED) is 0.685. The van der Waals surface area contributed by atoms with E-state index in [1.54, 1.807) is 0 Å². The second-order valence-corrected chi connectivity index (χ2v) is 6.80. The highest BCUT2D eigenvalue weighted by molar-refractivity contribution is 5.30. The molecule has 3 rings (SSSR count). The van der Waals surface area contributed by atoms with Crippen molar-refractivity contribution in [3.05, 3.63) is 65.2 Å². The predicted octanol–water partition coefficient (Wildman–Crippen LogP) is 5.87. The molecule has 0 spiro atoms. The van der Waals surface area contributed by atoms with Gasteiger partial charge in [-0.1, -0.05) is 61.7 Å². The average molecular weight is 294 g/mol. The molecule has 0 bridgehead atoms. The van der Waals surface area contributed by atoms with Crippen LogP contribution in [0.25, 0.3) is 0 Å². The van der Waals surface area contributed by atoms with Crippen LogP contribution in [0, 0.1) is 12.8 Å². The molecule has 1 aliphatic rings. The Morgan fingerprint density at radius 2 is 1.50 bits per heavy atom. The Morgan fingerprint density at radius 3 is 2.14 bits per heavy atom. The molecule has 0 saturated heterocycles. The Morgan fingerprint density at radius 1 is 0.864 bits per heavy atom. The van der Waals surface area contributed by atoms with Crippen molar-refractivity contribution in [3.63, 3.8) is 0 Å². The van der Waals surface area contributed by atoms with Gasteiger partial charge in [-0.3, -0.25) is 0 Å². The molecule has 0 aliphatic heterocycles. The van der Waals surface area contributed by atoms with Crippen LogP contribution in [0.4, 0.5) is 0 Å². The Labute approximate surface area is 134 Å². The summed E-state index contributed by atoms with van der Waals surface area (Å²) in [6.07, 6.45) is 5.42. The van der Waals surface area contributed by atoms with Crippen LogP contribution in [0.3, 0.4) is 0 Å². The molecule has 1 aliphatic carbocycles. The van der Waals surface area contributed by atoms with Gasteiger partial charge in [-0.15, -0.1) is 0 Å². The lowest BCUT2D eigenvalue weighted by atomic mass is 9.79. The summed E-state index contributed by atoms with van der Waals surface area (Å²) in [5.74, 6) is 2.63. The molecule has 0 N–H and O–H groups in total. The van der Waals surface area contributed by atoms with Crippen LogP contribution in [0.15, 0.2) is 48.5 Å². The van der Waals surface area contributed by atoms with E-state index in [2.05, 4.69) is 62.4 Å². The number of hydrogen-bond donors (Lipinski definition) is 0. The fourth-order valence-electron chi connectivity index (χ4n) is 3.28. The van der Waals surface area contributed by atoms with Crippen LogP contribution < -0.4 is 4.74 Å². The smallest absolute Gasteiger partial charge is 0.119 e. The number of ether oxygens (including phenoxy) is 1. The molecule has 0 unspecified atom stereocenters. The monoisotopic (exact) mass is 294 g/mol. The Balaban J connectivity index is 1.56. The molecular formula is C21H26O. The van der Waals surface area contributed by atoms with Gasteiger partial charge in [-0.25, -0.2) is 0 Å². The Hall–Kier alpha value is -1.76. The number of rotatable bonds is 4. The van der Waals surface area contributed by atoms with E-state index in [4.69, 9.17) is 4.74 Å². The standard InChI is InChI=1S/C21H26O/c1-16-3-7-18(8-4-16)15-22-21-13-11-20(12-14-21)19-9-5-17(2)6-10-19/h3-4,7-8,11-14,17,19H,5-6,9-10,15H2,1-2H3. The first-order valence-corrected chi connectivity index (χ1v) is 8.49. The molecule has 22 heavy (non-hydrogen) atoms. The molecule has 1 fully saturated rings. The van der Waals surface area contributed by atoms with Gasteiger partial charge in [0.25, 0.3) is 0 Å². The lowest BCUT2D eigenvalue weighted by Gasteiger charge is -2.26. The molecule has 0 atom stereocenters. The van der Waals surface area contributed by atoms with E-state index in [-0.39, 0.29) is 0 Å². The summed E-state index contributed by atoms with van der Waals surface area (Å²) >= 11 is 0. The zero-order valence-corrected chi connectivity index (χ0v) is 13.7. The van der Waals surface area contributed by atoms with Crippen LogP contribution in [0.1, 0.15) is 55.2 Å². The van der Waals surface area contributed by atoms with E-state index in [1.807, 2.05) is 0 Å². The van der Waals surface area contributed by atoms with Crippen molar-refractivity contribution < 1.29 is 4.74 Å². The zero-order valence-electron chi connectivity index (χ0n) is 13.7. The fraction of sp³-hybridized carbons (Fsp3) is 0.429. The lowest BCUT2D eigenvalue weighted by molar-refractivity contribution is 0.305. The summed E-state index contributed by atoms with van der Waals surface area (Å²) < 4.78 is 5.89. The summed E-state index contributed by atoms with van der Waals surface area (Å²) in [6.45, 7) is 5.12. The van der Waals surface area contributed by atoms with Crippen LogP contribution in [0.2, 0.25) is 0 Å². The molecule has 2 aromatic carbocycles. The van der Waals surface area contributed by atoms with Crippen molar-refractivity contribution in [1.29, 1.82) is 0 Å². The normalized spacial score (nSPS) is 21.5. The Kier molecular flexibility index (Phi) is 4.82. The van der Waals surface area contributed by atoms with Crippen molar-refractivity contribution in [2.75, 3.05) is 0 Å². The van der Waals surface area contributed by atoms with Crippen LogP contribution in [-0.4, -0.2) is 0 Å². The summed E-state index contributed by atoms with van der Waals surface area (Å²) in [5.41, 5.74) is 3.99. The molecule has 0 aromatic heterocycles. The van der Waals surface area contributed by atoms with Gasteiger partial charge in [0.1, 0.15) is 12.4 Å². The van der Waals surface area contributed by atoms with Gasteiger partial charge < -0.3 is 4.74 Å². The van der Waals surface area contributed by atoms with Gasteiger partial charge in [0.2, 0.25) is 0 Å². The summed E-state index contributed by atoms with van der Waals surface area (Å²) in [5, 5.41) is 0. The molecule has 0 heterocycles. The van der Waals surface area contributed by atoms with E-state index < -0.39 is 0 Å². The highest BCUT2D eigenvalue weighted by atomic mass is 16.5. The molecule has 2 aromatic rings. The van der Waals surface area contributed by atoms with Gasteiger partial charge in [-0.2, -0.15) is 0 Å². The molecule has 1 saturated carbocycles. The van der Waals surface area contributed by atoms with E-state index in [9.17, 15) is 0 Å². The zero-order chi connectivity index (χ0) is 15.4. The minimum Gasteiger partial charge on any atom is -0.489 e. The summed E-state index contributed by atoms with van der Waals surface area (Å²) in [6, 6.07) is 17.3. The topological polar surface area (TPSA) is 9.23 Å². The van der Waals surface area contributed by atoms with E-state index >= 15 is 0 Å². The number of aryl methyl sites for hydroxylation is 1. The summed E-state index contributed by atoms with van der Waals surface area (Å²) in [4.78, 5) is 0. The highest BCUT2D eigenvalue weighted by Gasteiger charge is 2.19. The van der Waals surface area contributed by atoms with Crippen molar-refractivity contribution in [3.8, 4) is 5.75 Å². The van der Waals surface area contributed by atoms with Crippen LogP contribution in [-0.2, 0) is 6.61 Å². The summed E-state index contributed by atoms with van der Waals surface area (Å²) in [7, 11) is 0. The fourth-order valence-corrected chi connectivity index (χ4v) is 3.28. The van der Waals surface area contributed by atoms with Crippen molar-refractivity contribution >= 4 is 0 Å². The average Bonchev–Trinajstić information content (AvgIpc) is 2.56. The number of benzene rings is 2. The largest absolute Gasteiger partial charge is 0.489 e. The minimum absolute atomic E-state index is 0.639. The number of hydrogen-bond acceptors (Lipinski definition) is 1. The Bertz CT molecular complexity index is 574. The van der Waals surface area contributed by atoms with Gasteiger partial charge in [0.15, 0.2) is 0 Å². The third-order valence-corrected chi connectivity index (χ3v) is 4.89. The van der Waals surface area contributed by atoms with E-state index in [1.165, 1.54) is 42.4 Å². The van der Waals surface area contributed by atoms with Crippen LogP contribution in [0.5, 0.6) is 5.75 Å². The third kappa shape index (κ3) is 3.91. The molecular weight excluding hydrogens is 268 g/mol. The second kappa shape index (κ2) is 7.00. The first kappa shape index (κ1) is 15.1. The predicted molar refractivity (Wildman–Crippen MR) is 92.3 cm³/mol. The first-order chi connectivity index (χ1) is 10.7. The molecule has 116 valence electrons. The maximum absolute atomic E-state index is 5.89. The SMILES string of the molecule is Cc1ccc(COc2ccc(C3CCC(C)CC3)cc2)cc1. The lowest BCUT2D eigenvalue weighted by Crippen LogP contribution is -2.10. The second-order valence-electron chi connectivity index (χ2n) is 6.80. The van der Waals surface area contributed by atoms with Crippen molar-refractivity contribution in [2.45, 2.75) is 52.1 Å². The molecule has 1 nitrogen and oxygen atoms in total. The molecule has 0 radical (unpaired) electrons. The van der Waals surface area contributed by atoms with Gasteiger partial charge in [-0.05, 0) is 54.9 Å². The maximum Gasteiger partial charge on any atom is 0.119 e. The first-order valence-electron chi connectivity index (χ1n) is 8.49. The molecule has 1 heteroatoms. The van der Waals surface area contributed by atoms with E-state index in [0.29, 0.717) is 6.61 Å². The van der Waals surface area contributed by atoms with Gasteiger partial charge in [0, 0.05) is 0 Å². The van der Waals surface area contributed by atoms with E-state index in [0.717, 1.165) is 17.6 Å². The third-order valence-electron chi connectivity index (χ3n) is 4.89.